The van der Waals surface area contributed by atoms with E-state index in [1.165, 1.54) is 32.6 Å². The second kappa shape index (κ2) is 10.9. The molecule has 10 heteroatoms. The largest absolute Gasteiger partial charge is 0.493 e. The number of rotatable bonds is 7. The number of carbonyl (C=O) groups is 2. The maximum atomic E-state index is 13.9. The number of amides is 2. The smallest absolute Gasteiger partial charge is 0.332 e. The third kappa shape index (κ3) is 5.37. The van der Waals surface area contributed by atoms with Crippen LogP contribution in [0.5, 0.6) is 11.5 Å². The number of hydrogen-bond acceptors (Lipinski definition) is 6. The summed E-state index contributed by atoms with van der Waals surface area (Å²) >= 11 is 0. The standard InChI is InChI=1S/C27H32N4O6/c1-17(32)28-14-19-7-9-23-22(12-19)26(34)30(15-20-8-10-24(36-3)25(13-20)37-4)27(35)31(23)21-6-5-11-29(16-21)18(2)33/h7-10,12-13,21H,5-6,11,14-16H2,1-4H3,(H,28,32). The molecular formula is C27H32N4O6. The number of hydrogen-bond donors (Lipinski definition) is 1. The van der Waals surface area contributed by atoms with Crippen molar-refractivity contribution < 1.29 is 19.1 Å². The molecular weight excluding hydrogens is 476 g/mol. The van der Waals surface area contributed by atoms with Crippen LogP contribution in [-0.2, 0) is 22.7 Å². The van der Waals surface area contributed by atoms with Crippen molar-refractivity contribution in [3.05, 3.63) is 68.4 Å². The number of aromatic nitrogens is 2. The Balaban J connectivity index is 1.88. The number of likely N-dealkylation sites (tertiary alicyclic amines) is 1. The normalized spacial score (nSPS) is 15.5. The topological polar surface area (TPSA) is 112 Å². The van der Waals surface area contributed by atoms with E-state index in [-0.39, 0.29) is 30.9 Å². The molecule has 196 valence electrons. The molecule has 1 N–H and O–H groups in total. The molecule has 2 amide bonds. The van der Waals surface area contributed by atoms with Crippen molar-refractivity contribution in [2.45, 2.75) is 45.8 Å². The van der Waals surface area contributed by atoms with Gasteiger partial charge in [-0.2, -0.15) is 0 Å². The number of ether oxygens (including phenoxy) is 2. The summed E-state index contributed by atoms with van der Waals surface area (Å²) in [6.45, 7) is 4.29. The van der Waals surface area contributed by atoms with Gasteiger partial charge < -0.3 is 19.7 Å². The number of carbonyl (C=O) groups excluding carboxylic acids is 2. The lowest BCUT2D eigenvalue weighted by Gasteiger charge is -2.34. The number of nitrogens with one attached hydrogen (secondary N) is 1. The van der Waals surface area contributed by atoms with Gasteiger partial charge in [-0.3, -0.25) is 23.5 Å². The Kier molecular flexibility index (Phi) is 7.66. The molecule has 3 aromatic rings. The Labute approximate surface area is 214 Å². The maximum Gasteiger partial charge on any atom is 0.332 e. The van der Waals surface area contributed by atoms with E-state index in [0.29, 0.717) is 47.5 Å². The summed E-state index contributed by atoms with van der Waals surface area (Å²) in [4.78, 5) is 52.8. The van der Waals surface area contributed by atoms with E-state index in [9.17, 15) is 19.2 Å². The summed E-state index contributed by atoms with van der Waals surface area (Å²) in [5.74, 6) is 0.820. The minimum Gasteiger partial charge on any atom is -0.493 e. The molecule has 1 atom stereocenters. The summed E-state index contributed by atoms with van der Waals surface area (Å²) in [5, 5.41) is 3.12. The Morgan fingerprint density at radius 2 is 1.73 bits per heavy atom. The van der Waals surface area contributed by atoms with Gasteiger partial charge in [0, 0.05) is 33.5 Å². The predicted molar refractivity (Wildman–Crippen MR) is 139 cm³/mol. The van der Waals surface area contributed by atoms with Crippen LogP contribution in [0.2, 0.25) is 0 Å². The van der Waals surface area contributed by atoms with Gasteiger partial charge in [0.15, 0.2) is 11.5 Å². The van der Waals surface area contributed by atoms with Gasteiger partial charge in [-0.1, -0.05) is 12.1 Å². The minimum absolute atomic E-state index is 0.0347. The van der Waals surface area contributed by atoms with Crippen molar-refractivity contribution in [3.63, 3.8) is 0 Å². The first-order chi connectivity index (χ1) is 17.7. The fourth-order valence-electron chi connectivity index (χ4n) is 4.87. The Morgan fingerprint density at radius 3 is 2.41 bits per heavy atom. The third-order valence-corrected chi connectivity index (χ3v) is 6.77. The summed E-state index contributed by atoms with van der Waals surface area (Å²) < 4.78 is 13.6. The van der Waals surface area contributed by atoms with Crippen molar-refractivity contribution in [1.29, 1.82) is 0 Å². The molecule has 1 aliphatic heterocycles. The highest BCUT2D eigenvalue weighted by Crippen LogP contribution is 2.28. The molecule has 0 saturated carbocycles. The van der Waals surface area contributed by atoms with E-state index < -0.39 is 11.2 Å². The molecule has 1 fully saturated rings. The van der Waals surface area contributed by atoms with Crippen LogP contribution >= 0.6 is 0 Å². The number of fused-ring (bicyclic) bond motifs is 1. The van der Waals surface area contributed by atoms with E-state index in [1.54, 1.807) is 45.9 Å². The SMILES string of the molecule is COc1ccc(Cn2c(=O)c3cc(CNC(C)=O)ccc3n(C3CCCN(C(C)=O)C3)c2=O)cc1OC. The van der Waals surface area contributed by atoms with Crippen LogP contribution in [0.15, 0.2) is 46.0 Å². The lowest BCUT2D eigenvalue weighted by Crippen LogP contribution is -2.46. The summed E-state index contributed by atoms with van der Waals surface area (Å²) in [6, 6.07) is 10.3. The zero-order valence-electron chi connectivity index (χ0n) is 21.6. The van der Waals surface area contributed by atoms with Gasteiger partial charge in [0.25, 0.3) is 5.56 Å². The van der Waals surface area contributed by atoms with Gasteiger partial charge in [0.1, 0.15) is 0 Å². The molecule has 37 heavy (non-hydrogen) atoms. The molecule has 0 radical (unpaired) electrons. The second-order valence-electron chi connectivity index (χ2n) is 9.26. The zero-order valence-corrected chi connectivity index (χ0v) is 21.6. The molecule has 1 aromatic heterocycles. The number of methoxy groups -OCH3 is 2. The first-order valence-corrected chi connectivity index (χ1v) is 12.2. The summed E-state index contributed by atoms with van der Waals surface area (Å²) in [5.41, 5.74) is 1.11. The number of benzene rings is 2. The van der Waals surface area contributed by atoms with Crippen LogP contribution in [0.3, 0.4) is 0 Å². The molecule has 1 unspecified atom stereocenters. The van der Waals surface area contributed by atoms with Crippen LogP contribution < -0.4 is 26.0 Å². The van der Waals surface area contributed by atoms with Gasteiger partial charge in [-0.15, -0.1) is 0 Å². The van der Waals surface area contributed by atoms with E-state index in [2.05, 4.69) is 5.32 Å². The Hall–Kier alpha value is -4.08. The second-order valence-corrected chi connectivity index (χ2v) is 9.26. The zero-order chi connectivity index (χ0) is 26.7. The van der Waals surface area contributed by atoms with Gasteiger partial charge in [0.05, 0.1) is 37.7 Å². The van der Waals surface area contributed by atoms with E-state index in [1.807, 2.05) is 0 Å². The lowest BCUT2D eigenvalue weighted by atomic mass is 10.0. The molecule has 0 aliphatic carbocycles. The average Bonchev–Trinajstić information content (AvgIpc) is 2.90. The Bertz CT molecular complexity index is 1460. The minimum atomic E-state index is -0.433. The van der Waals surface area contributed by atoms with E-state index >= 15 is 0 Å². The van der Waals surface area contributed by atoms with Crippen LogP contribution in [-0.4, -0.2) is 53.2 Å². The molecule has 2 aromatic carbocycles. The fraction of sp³-hybridized carbons (Fsp3) is 0.407. The first kappa shape index (κ1) is 26.0. The molecule has 4 rings (SSSR count). The van der Waals surface area contributed by atoms with Crippen LogP contribution in [0.4, 0.5) is 0 Å². The number of nitrogens with zero attached hydrogens (tertiary/aromatic N) is 3. The van der Waals surface area contributed by atoms with E-state index in [0.717, 1.165) is 12.0 Å². The van der Waals surface area contributed by atoms with Crippen molar-refractivity contribution in [3.8, 4) is 11.5 Å². The highest BCUT2D eigenvalue weighted by molar-refractivity contribution is 5.79. The van der Waals surface area contributed by atoms with Crippen molar-refractivity contribution in [1.82, 2.24) is 19.4 Å². The summed E-state index contributed by atoms with van der Waals surface area (Å²) in [7, 11) is 3.06. The van der Waals surface area contributed by atoms with Gasteiger partial charge >= 0.3 is 5.69 Å². The highest BCUT2D eigenvalue weighted by Gasteiger charge is 2.27. The maximum absolute atomic E-state index is 13.9. The summed E-state index contributed by atoms with van der Waals surface area (Å²) in [6.07, 6.45) is 1.47. The lowest BCUT2D eigenvalue weighted by molar-refractivity contribution is -0.130. The quantitative estimate of drug-likeness (QED) is 0.523. The van der Waals surface area contributed by atoms with Crippen molar-refractivity contribution in [2.75, 3.05) is 27.3 Å². The number of piperidine rings is 1. The van der Waals surface area contributed by atoms with Crippen molar-refractivity contribution >= 4 is 22.7 Å². The van der Waals surface area contributed by atoms with Gasteiger partial charge in [-0.05, 0) is 48.2 Å². The Morgan fingerprint density at radius 1 is 1.00 bits per heavy atom. The molecule has 10 nitrogen and oxygen atoms in total. The highest BCUT2D eigenvalue weighted by atomic mass is 16.5. The van der Waals surface area contributed by atoms with Crippen LogP contribution in [0.25, 0.3) is 10.9 Å². The fourth-order valence-corrected chi connectivity index (χ4v) is 4.87. The molecule has 0 bridgehead atoms. The molecule has 1 aliphatic rings. The van der Waals surface area contributed by atoms with E-state index in [4.69, 9.17) is 9.47 Å². The first-order valence-electron chi connectivity index (χ1n) is 12.2. The van der Waals surface area contributed by atoms with Crippen LogP contribution in [0.1, 0.15) is 43.9 Å². The predicted octanol–water partition coefficient (Wildman–Crippen LogP) is 2.05. The third-order valence-electron chi connectivity index (χ3n) is 6.77. The molecule has 0 spiro atoms. The van der Waals surface area contributed by atoms with Crippen molar-refractivity contribution in [2.24, 2.45) is 0 Å². The van der Waals surface area contributed by atoms with Gasteiger partial charge in [0.2, 0.25) is 11.8 Å². The molecule has 2 heterocycles. The van der Waals surface area contributed by atoms with Gasteiger partial charge in [-0.25, -0.2) is 4.79 Å². The average molecular weight is 509 g/mol. The molecule has 1 saturated heterocycles. The van der Waals surface area contributed by atoms with Crippen LogP contribution in [0, 0.1) is 0 Å². The monoisotopic (exact) mass is 508 g/mol.